The number of hydrogen-bond acceptors (Lipinski definition) is 4. The Balaban J connectivity index is 1.69. The summed E-state index contributed by atoms with van der Waals surface area (Å²) in [7, 11) is 0. The molecule has 0 atom stereocenters. The number of aromatic nitrogens is 4. The Morgan fingerprint density at radius 2 is 2.08 bits per heavy atom. The Kier molecular flexibility index (Phi) is 5.42. The number of carbonyl (C=O) groups excluding carboxylic acids is 1. The zero-order chi connectivity index (χ0) is 18.7. The number of halogens is 1. The number of aryl methyl sites for hydroxylation is 2. The molecule has 2 aromatic heterocycles. The highest BCUT2D eigenvalue weighted by atomic mass is 35.5. The summed E-state index contributed by atoms with van der Waals surface area (Å²) >= 11 is 6.22. The lowest BCUT2D eigenvalue weighted by molar-refractivity contribution is -0.143. The maximum atomic E-state index is 12.2. The van der Waals surface area contributed by atoms with E-state index < -0.39 is 0 Å². The summed E-state index contributed by atoms with van der Waals surface area (Å²) in [4.78, 5) is 12.2. The molecule has 0 unspecified atom stereocenters. The van der Waals surface area contributed by atoms with Gasteiger partial charge in [0.1, 0.15) is 6.61 Å². The molecule has 6 nitrogen and oxygen atoms in total. The highest BCUT2D eigenvalue weighted by Crippen LogP contribution is 2.23. The van der Waals surface area contributed by atoms with Gasteiger partial charge in [0.25, 0.3) is 0 Å². The summed E-state index contributed by atoms with van der Waals surface area (Å²) in [5.41, 5.74) is 4.48. The molecular formula is C19H21ClN4O2. The molecule has 0 amide bonds. The van der Waals surface area contributed by atoms with Gasteiger partial charge in [-0.25, -0.2) is 4.68 Å². The van der Waals surface area contributed by atoms with E-state index in [1.54, 1.807) is 10.9 Å². The van der Waals surface area contributed by atoms with Crippen molar-refractivity contribution >= 4 is 17.6 Å². The first kappa shape index (κ1) is 18.2. The molecule has 7 heteroatoms. The molecule has 0 saturated carbocycles. The second-order valence-corrected chi connectivity index (χ2v) is 6.57. The van der Waals surface area contributed by atoms with Crippen LogP contribution >= 0.6 is 11.6 Å². The first-order chi connectivity index (χ1) is 12.5. The number of rotatable bonds is 6. The SMILES string of the molecule is Cc1ccc(-n2nc(C)c(CC(=O)OCCn3cccn3)c2C)cc1Cl. The minimum Gasteiger partial charge on any atom is -0.463 e. The Bertz CT molecular complexity index is 916. The molecule has 0 spiro atoms. The zero-order valence-electron chi connectivity index (χ0n) is 15.1. The lowest BCUT2D eigenvalue weighted by Crippen LogP contribution is -2.14. The van der Waals surface area contributed by atoms with E-state index in [2.05, 4.69) is 10.2 Å². The van der Waals surface area contributed by atoms with Crippen LogP contribution in [-0.2, 0) is 22.5 Å². The number of nitrogens with zero attached hydrogens (tertiary/aromatic N) is 4. The van der Waals surface area contributed by atoms with Crippen molar-refractivity contribution in [3.63, 3.8) is 0 Å². The van der Waals surface area contributed by atoms with E-state index in [4.69, 9.17) is 16.3 Å². The zero-order valence-corrected chi connectivity index (χ0v) is 15.8. The van der Waals surface area contributed by atoms with Crippen LogP contribution in [0.2, 0.25) is 5.02 Å². The van der Waals surface area contributed by atoms with Crippen LogP contribution in [-0.4, -0.2) is 32.1 Å². The minimum atomic E-state index is -0.273. The fraction of sp³-hybridized carbons (Fsp3) is 0.316. The Morgan fingerprint density at radius 3 is 2.77 bits per heavy atom. The van der Waals surface area contributed by atoms with Gasteiger partial charge in [0.15, 0.2) is 0 Å². The van der Waals surface area contributed by atoms with Crippen molar-refractivity contribution in [1.29, 1.82) is 0 Å². The van der Waals surface area contributed by atoms with Crippen LogP contribution in [0.3, 0.4) is 0 Å². The van der Waals surface area contributed by atoms with Gasteiger partial charge in [0.05, 0.1) is 24.3 Å². The highest BCUT2D eigenvalue weighted by molar-refractivity contribution is 6.31. The maximum absolute atomic E-state index is 12.2. The van der Waals surface area contributed by atoms with E-state index in [0.29, 0.717) is 18.2 Å². The number of hydrogen-bond donors (Lipinski definition) is 0. The third-order valence-electron chi connectivity index (χ3n) is 4.30. The van der Waals surface area contributed by atoms with Gasteiger partial charge in [0, 0.05) is 28.7 Å². The largest absolute Gasteiger partial charge is 0.463 e. The second-order valence-electron chi connectivity index (χ2n) is 6.16. The second kappa shape index (κ2) is 7.74. The van der Waals surface area contributed by atoms with Crippen molar-refractivity contribution in [2.45, 2.75) is 33.7 Å². The fourth-order valence-corrected chi connectivity index (χ4v) is 2.95. The summed E-state index contributed by atoms with van der Waals surface area (Å²) in [5, 5.41) is 9.33. The highest BCUT2D eigenvalue weighted by Gasteiger charge is 2.17. The molecule has 0 aliphatic rings. The lowest BCUT2D eigenvalue weighted by Gasteiger charge is -2.08. The predicted molar refractivity (Wildman–Crippen MR) is 99.7 cm³/mol. The molecule has 0 saturated heterocycles. The van der Waals surface area contributed by atoms with Gasteiger partial charge in [-0.05, 0) is 44.5 Å². The smallest absolute Gasteiger partial charge is 0.310 e. The van der Waals surface area contributed by atoms with Crippen LogP contribution in [0.4, 0.5) is 0 Å². The number of ether oxygens (including phenoxy) is 1. The molecular weight excluding hydrogens is 352 g/mol. The van der Waals surface area contributed by atoms with Crippen LogP contribution in [0.5, 0.6) is 0 Å². The molecule has 0 fully saturated rings. The number of esters is 1. The molecule has 0 radical (unpaired) electrons. The quantitative estimate of drug-likeness (QED) is 0.622. The van der Waals surface area contributed by atoms with Gasteiger partial charge < -0.3 is 4.74 Å². The van der Waals surface area contributed by atoms with Crippen molar-refractivity contribution in [3.05, 3.63) is 64.2 Å². The number of carbonyl (C=O) groups is 1. The molecule has 2 heterocycles. The Labute approximate surface area is 157 Å². The van der Waals surface area contributed by atoms with Crippen molar-refractivity contribution in [1.82, 2.24) is 19.6 Å². The summed E-state index contributed by atoms with van der Waals surface area (Å²) in [6.45, 7) is 6.63. The first-order valence-corrected chi connectivity index (χ1v) is 8.78. The average molecular weight is 373 g/mol. The van der Waals surface area contributed by atoms with E-state index in [1.807, 2.05) is 55.9 Å². The summed E-state index contributed by atoms with van der Waals surface area (Å²) < 4.78 is 8.86. The fourth-order valence-electron chi connectivity index (χ4n) is 2.78. The van der Waals surface area contributed by atoms with Crippen LogP contribution in [0.1, 0.15) is 22.5 Å². The predicted octanol–water partition coefficient (Wildman–Crippen LogP) is 3.43. The summed E-state index contributed by atoms with van der Waals surface area (Å²) in [5.74, 6) is -0.273. The summed E-state index contributed by atoms with van der Waals surface area (Å²) in [6.07, 6.45) is 3.72. The topological polar surface area (TPSA) is 61.9 Å². The standard InChI is InChI=1S/C19H21ClN4O2/c1-13-5-6-16(11-18(13)20)24-15(3)17(14(2)22-24)12-19(25)26-10-9-23-8-4-7-21-23/h4-8,11H,9-10,12H2,1-3H3. The van der Waals surface area contributed by atoms with E-state index in [0.717, 1.165) is 28.2 Å². The molecule has 0 bridgehead atoms. The first-order valence-electron chi connectivity index (χ1n) is 8.40. The van der Waals surface area contributed by atoms with E-state index in [-0.39, 0.29) is 12.4 Å². The molecule has 0 aliphatic carbocycles. The molecule has 3 rings (SSSR count). The molecule has 3 aromatic rings. The third kappa shape index (κ3) is 3.96. The van der Waals surface area contributed by atoms with Crippen LogP contribution in [0.15, 0.2) is 36.7 Å². The van der Waals surface area contributed by atoms with Crippen molar-refractivity contribution in [2.24, 2.45) is 0 Å². The molecule has 0 aliphatic heterocycles. The lowest BCUT2D eigenvalue weighted by atomic mass is 10.1. The van der Waals surface area contributed by atoms with E-state index in [1.165, 1.54) is 0 Å². The van der Waals surface area contributed by atoms with Crippen LogP contribution in [0, 0.1) is 20.8 Å². The summed E-state index contributed by atoms with van der Waals surface area (Å²) in [6, 6.07) is 7.63. The molecule has 0 N–H and O–H groups in total. The Morgan fingerprint density at radius 1 is 1.27 bits per heavy atom. The van der Waals surface area contributed by atoms with Crippen LogP contribution < -0.4 is 0 Å². The van der Waals surface area contributed by atoms with Crippen molar-refractivity contribution in [2.75, 3.05) is 6.61 Å². The average Bonchev–Trinajstić information content (AvgIpc) is 3.21. The Hall–Kier alpha value is -2.60. The van der Waals surface area contributed by atoms with Gasteiger partial charge in [-0.3, -0.25) is 9.48 Å². The minimum absolute atomic E-state index is 0.191. The van der Waals surface area contributed by atoms with Crippen molar-refractivity contribution in [3.8, 4) is 5.69 Å². The van der Waals surface area contributed by atoms with Crippen molar-refractivity contribution < 1.29 is 9.53 Å². The van der Waals surface area contributed by atoms with Gasteiger partial charge in [-0.15, -0.1) is 0 Å². The van der Waals surface area contributed by atoms with E-state index >= 15 is 0 Å². The van der Waals surface area contributed by atoms with Gasteiger partial charge in [0.2, 0.25) is 0 Å². The molecule has 1 aromatic carbocycles. The third-order valence-corrected chi connectivity index (χ3v) is 4.71. The molecule has 26 heavy (non-hydrogen) atoms. The number of benzene rings is 1. The van der Waals surface area contributed by atoms with Gasteiger partial charge in [-0.2, -0.15) is 10.2 Å². The normalized spacial score (nSPS) is 10.9. The van der Waals surface area contributed by atoms with Gasteiger partial charge >= 0.3 is 5.97 Å². The van der Waals surface area contributed by atoms with Crippen LogP contribution in [0.25, 0.3) is 5.69 Å². The van der Waals surface area contributed by atoms with E-state index in [9.17, 15) is 4.79 Å². The maximum Gasteiger partial charge on any atom is 0.310 e. The monoisotopic (exact) mass is 372 g/mol. The molecule has 136 valence electrons. The van der Waals surface area contributed by atoms with Gasteiger partial charge in [-0.1, -0.05) is 17.7 Å².